The minimum Gasteiger partial charge on any atom is -0.362 e. The Labute approximate surface area is 196 Å². The Bertz CT molecular complexity index is 1040. The standard InChI is InChI=1S/C27H35N3OS/c1-6-24-16-23(22-9-7-18(2)19(3)15-22)10-8-20(4)30(24)17-27(31)29-13-11-25-26(12-14-29)32-21(5)28-25/h7,9-10,15-16,20H,6,8,11-14,17H2,1-5H3. The van der Waals surface area contributed by atoms with Gasteiger partial charge in [-0.1, -0.05) is 31.2 Å². The number of amides is 1. The molecule has 0 saturated heterocycles. The summed E-state index contributed by atoms with van der Waals surface area (Å²) in [5.41, 5.74) is 7.62. The molecule has 0 fully saturated rings. The third kappa shape index (κ3) is 4.83. The van der Waals surface area contributed by atoms with Crippen LogP contribution in [-0.4, -0.2) is 46.4 Å². The highest BCUT2D eigenvalue weighted by molar-refractivity contribution is 7.11. The summed E-state index contributed by atoms with van der Waals surface area (Å²) in [4.78, 5) is 23.7. The molecule has 5 heteroatoms. The van der Waals surface area contributed by atoms with Gasteiger partial charge >= 0.3 is 0 Å². The summed E-state index contributed by atoms with van der Waals surface area (Å²) >= 11 is 1.78. The van der Waals surface area contributed by atoms with Crippen LogP contribution in [0.4, 0.5) is 0 Å². The van der Waals surface area contributed by atoms with Gasteiger partial charge in [-0.25, -0.2) is 4.98 Å². The second kappa shape index (κ2) is 9.62. The Morgan fingerprint density at radius 2 is 1.94 bits per heavy atom. The van der Waals surface area contributed by atoms with Gasteiger partial charge in [0.2, 0.25) is 5.91 Å². The number of carbonyl (C=O) groups excluding carboxylic acids is 1. The summed E-state index contributed by atoms with van der Waals surface area (Å²) < 4.78 is 0. The molecule has 0 saturated carbocycles. The van der Waals surface area contributed by atoms with E-state index < -0.39 is 0 Å². The average Bonchev–Trinajstić information content (AvgIpc) is 2.91. The Balaban J connectivity index is 1.49. The first-order chi connectivity index (χ1) is 15.4. The van der Waals surface area contributed by atoms with Crippen LogP contribution in [0.5, 0.6) is 0 Å². The first kappa shape index (κ1) is 22.8. The van der Waals surface area contributed by atoms with Crippen molar-refractivity contribution in [1.82, 2.24) is 14.8 Å². The molecular weight excluding hydrogens is 414 g/mol. The fourth-order valence-electron chi connectivity index (χ4n) is 4.70. The first-order valence-corrected chi connectivity index (χ1v) is 12.6. The molecule has 2 aliphatic heterocycles. The van der Waals surface area contributed by atoms with Crippen molar-refractivity contribution in [1.29, 1.82) is 0 Å². The fourth-order valence-corrected chi connectivity index (χ4v) is 5.67. The van der Waals surface area contributed by atoms with Crippen LogP contribution >= 0.6 is 11.3 Å². The Hall–Kier alpha value is -2.40. The van der Waals surface area contributed by atoms with Crippen molar-refractivity contribution in [3.63, 3.8) is 0 Å². The van der Waals surface area contributed by atoms with Gasteiger partial charge in [-0.2, -0.15) is 0 Å². The van der Waals surface area contributed by atoms with Crippen molar-refractivity contribution in [3.8, 4) is 0 Å². The topological polar surface area (TPSA) is 36.4 Å². The average molecular weight is 450 g/mol. The first-order valence-electron chi connectivity index (χ1n) is 11.8. The lowest BCUT2D eigenvalue weighted by atomic mass is 9.99. The highest BCUT2D eigenvalue weighted by Crippen LogP contribution is 2.29. The molecule has 1 atom stereocenters. The highest BCUT2D eigenvalue weighted by atomic mass is 32.1. The predicted molar refractivity (Wildman–Crippen MR) is 134 cm³/mol. The SMILES string of the molecule is CCC1=CC(c2ccc(C)c(C)c2)=CCC(C)N1CC(=O)N1CCc2nc(C)sc2CC1. The van der Waals surface area contributed by atoms with Crippen LogP contribution < -0.4 is 0 Å². The van der Waals surface area contributed by atoms with Gasteiger partial charge in [-0.15, -0.1) is 11.3 Å². The summed E-state index contributed by atoms with van der Waals surface area (Å²) in [6, 6.07) is 7.00. The third-order valence-corrected chi connectivity index (χ3v) is 7.95. The van der Waals surface area contributed by atoms with Crippen LogP contribution in [0.2, 0.25) is 0 Å². The molecule has 1 aromatic carbocycles. The zero-order chi connectivity index (χ0) is 22.8. The third-order valence-electron chi connectivity index (χ3n) is 6.88. The van der Waals surface area contributed by atoms with Crippen LogP contribution in [-0.2, 0) is 17.6 Å². The molecule has 4 rings (SSSR count). The number of benzene rings is 1. The molecule has 170 valence electrons. The summed E-state index contributed by atoms with van der Waals surface area (Å²) in [7, 11) is 0. The van der Waals surface area contributed by atoms with Gasteiger partial charge in [0.25, 0.3) is 0 Å². The van der Waals surface area contributed by atoms with E-state index in [9.17, 15) is 4.79 Å². The van der Waals surface area contributed by atoms with Crippen molar-refractivity contribution >= 4 is 22.8 Å². The number of carbonyl (C=O) groups is 1. The number of allylic oxidation sites excluding steroid dienone is 3. The van der Waals surface area contributed by atoms with Gasteiger partial charge in [0, 0.05) is 42.5 Å². The number of fused-ring (bicyclic) bond motifs is 1. The van der Waals surface area contributed by atoms with E-state index in [0.717, 1.165) is 43.8 Å². The van der Waals surface area contributed by atoms with E-state index >= 15 is 0 Å². The molecular formula is C27H35N3OS. The molecule has 0 N–H and O–H groups in total. The summed E-state index contributed by atoms with van der Waals surface area (Å²) in [6.45, 7) is 12.9. The van der Waals surface area contributed by atoms with Crippen LogP contribution in [0.3, 0.4) is 0 Å². The summed E-state index contributed by atoms with van der Waals surface area (Å²) in [5, 5.41) is 1.14. The van der Waals surface area contributed by atoms with Crippen molar-refractivity contribution < 1.29 is 4.79 Å². The summed E-state index contributed by atoms with van der Waals surface area (Å²) in [6.07, 6.45) is 8.30. The van der Waals surface area contributed by atoms with Gasteiger partial charge in [0.1, 0.15) is 0 Å². The van der Waals surface area contributed by atoms with Gasteiger partial charge in [-0.05, 0) is 68.9 Å². The normalized spacial score (nSPS) is 19.1. The molecule has 2 aliphatic rings. The lowest BCUT2D eigenvalue weighted by Crippen LogP contribution is -2.44. The maximum atomic E-state index is 13.3. The second-order valence-corrected chi connectivity index (χ2v) is 10.4. The molecule has 1 amide bonds. The quantitative estimate of drug-likeness (QED) is 0.621. The van der Waals surface area contributed by atoms with Crippen molar-refractivity contribution in [2.24, 2.45) is 0 Å². The number of aryl methyl sites for hydroxylation is 3. The molecule has 2 aromatic rings. The van der Waals surface area contributed by atoms with Crippen LogP contribution in [0.15, 0.2) is 36.0 Å². The van der Waals surface area contributed by atoms with Crippen LogP contribution in [0.1, 0.15) is 59.0 Å². The molecule has 3 heterocycles. The molecule has 0 bridgehead atoms. The maximum Gasteiger partial charge on any atom is 0.242 e. The maximum absolute atomic E-state index is 13.3. The lowest BCUT2D eigenvalue weighted by molar-refractivity contribution is -0.132. The molecule has 0 radical (unpaired) electrons. The van der Waals surface area contributed by atoms with Gasteiger partial charge in [-0.3, -0.25) is 4.79 Å². The van der Waals surface area contributed by atoms with Crippen molar-refractivity contribution in [3.05, 3.63) is 68.3 Å². The molecule has 4 nitrogen and oxygen atoms in total. The molecule has 1 unspecified atom stereocenters. The number of aromatic nitrogens is 1. The minimum absolute atomic E-state index is 0.234. The van der Waals surface area contributed by atoms with E-state index in [2.05, 4.69) is 74.9 Å². The number of rotatable bonds is 4. The Morgan fingerprint density at radius 3 is 2.69 bits per heavy atom. The smallest absolute Gasteiger partial charge is 0.242 e. The summed E-state index contributed by atoms with van der Waals surface area (Å²) in [5.74, 6) is 0.234. The van der Waals surface area contributed by atoms with E-state index in [0.29, 0.717) is 12.6 Å². The zero-order valence-corrected chi connectivity index (χ0v) is 20.9. The lowest BCUT2D eigenvalue weighted by Gasteiger charge is -2.33. The number of hydrogen-bond donors (Lipinski definition) is 0. The highest BCUT2D eigenvalue weighted by Gasteiger charge is 2.26. The number of thiazole rings is 1. The largest absolute Gasteiger partial charge is 0.362 e. The number of nitrogens with zero attached hydrogens (tertiary/aromatic N) is 3. The van der Waals surface area contributed by atoms with E-state index in [1.54, 1.807) is 11.3 Å². The second-order valence-electron chi connectivity index (χ2n) is 9.14. The van der Waals surface area contributed by atoms with Gasteiger partial charge in [0.15, 0.2) is 0 Å². The Morgan fingerprint density at radius 1 is 1.16 bits per heavy atom. The molecule has 1 aromatic heterocycles. The van der Waals surface area contributed by atoms with Crippen LogP contribution in [0, 0.1) is 20.8 Å². The van der Waals surface area contributed by atoms with Crippen molar-refractivity contribution in [2.75, 3.05) is 19.6 Å². The van der Waals surface area contributed by atoms with E-state index in [-0.39, 0.29) is 5.91 Å². The molecule has 32 heavy (non-hydrogen) atoms. The number of hydrogen-bond acceptors (Lipinski definition) is 4. The van der Waals surface area contributed by atoms with Crippen LogP contribution in [0.25, 0.3) is 5.57 Å². The van der Waals surface area contributed by atoms with Gasteiger partial charge in [0.05, 0.1) is 17.2 Å². The van der Waals surface area contributed by atoms with E-state index in [1.807, 2.05) is 4.90 Å². The monoisotopic (exact) mass is 449 g/mol. The molecule has 0 aliphatic carbocycles. The fraction of sp³-hybridized carbons (Fsp3) is 0.481. The van der Waals surface area contributed by atoms with Gasteiger partial charge < -0.3 is 9.80 Å². The Kier molecular flexibility index (Phi) is 6.85. The predicted octanol–water partition coefficient (Wildman–Crippen LogP) is 5.47. The molecule has 0 spiro atoms. The van der Waals surface area contributed by atoms with E-state index in [1.165, 1.54) is 38.5 Å². The van der Waals surface area contributed by atoms with E-state index in [4.69, 9.17) is 0 Å². The minimum atomic E-state index is 0.234. The zero-order valence-electron chi connectivity index (χ0n) is 20.1. The van der Waals surface area contributed by atoms with Crippen molar-refractivity contribution in [2.45, 2.75) is 66.3 Å².